The van der Waals surface area contributed by atoms with Crippen LogP contribution in [0.3, 0.4) is 0 Å². The second-order valence-corrected chi connectivity index (χ2v) is 9.06. The molecule has 0 saturated carbocycles. The molecule has 0 aliphatic rings. The first kappa shape index (κ1) is 26.7. The smallest absolute Gasteiger partial charge is 0.261 e. The molecule has 0 aliphatic heterocycles. The van der Waals surface area contributed by atoms with E-state index in [1.165, 1.54) is 0 Å². The largest absolute Gasteiger partial charge is 0.497 e. The van der Waals surface area contributed by atoms with Gasteiger partial charge in [0.2, 0.25) is 5.91 Å². The van der Waals surface area contributed by atoms with Crippen molar-refractivity contribution in [3.05, 3.63) is 57.6 Å². The quantitative estimate of drug-likeness (QED) is 0.445. The minimum Gasteiger partial charge on any atom is -0.497 e. The summed E-state index contributed by atoms with van der Waals surface area (Å²) >= 11 is 3.55. The van der Waals surface area contributed by atoms with Crippen LogP contribution in [0.4, 0.5) is 0 Å². The Bertz CT molecular complexity index is 923. The maximum Gasteiger partial charge on any atom is 0.261 e. The fourth-order valence-corrected chi connectivity index (χ4v) is 3.73. The van der Waals surface area contributed by atoms with Crippen LogP contribution in [0.2, 0.25) is 0 Å². The number of ether oxygens (including phenoxy) is 2. The number of hydrogen-bond donors (Lipinski definition) is 1. The number of hydrogen-bond acceptors (Lipinski definition) is 4. The Morgan fingerprint density at radius 1 is 1.03 bits per heavy atom. The molecule has 2 aromatic rings. The number of rotatable bonds is 11. The third-order valence-electron chi connectivity index (χ3n) is 5.67. The standard InChI is InChI=1S/C26H35BrN2O4/c1-7-19(5)28-26(31)23(8-2)29(15-20-9-11-21(32-6)12-10-20)24(30)16-33-22-13-17(3)25(27)18(4)14-22/h9-14,19,23H,7-8,15-16H2,1-6H3,(H,28,31)/t19-,23+/m0/s1. The average molecular weight is 519 g/mol. The number of nitrogens with zero attached hydrogens (tertiary/aromatic N) is 1. The van der Waals surface area contributed by atoms with Crippen molar-refractivity contribution in [2.45, 2.75) is 66.1 Å². The lowest BCUT2D eigenvalue weighted by Crippen LogP contribution is -2.51. The second-order valence-electron chi connectivity index (χ2n) is 8.27. The van der Waals surface area contributed by atoms with E-state index in [-0.39, 0.29) is 24.5 Å². The summed E-state index contributed by atoms with van der Waals surface area (Å²) in [5.41, 5.74) is 2.98. The van der Waals surface area contributed by atoms with Crippen LogP contribution in [0.25, 0.3) is 0 Å². The zero-order chi connectivity index (χ0) is 24.5. The van der Waals surface area contributed by atoms with Crippen LogP contribution in [-0.4, -0.2) is 42.5 Å². The molecule has 2 aromatic carbocycles. The van der Waals surface area contributed by atoms with Gasteiger partial charge >= 0.3 is 0 Å². The number of amides is 2. The highest BCUT2D eigenvalue weighted by Gasteiger charge is 2.29. The third kappa shape index (κ3) is 7.49. The van der Waals surface area contributed by atoms with Gasteiger partial charge in [-0.05, 0) is 74.6 Å². The Kier molecular flexibility index (Phi) is 10.2. The molecule has 2 rings (SSSR count). The first-order valence-electron chi connectivity index (χ1n) is 11.3. The van der Waals surface area contributed by atoms with Gasteiger partial charge < -0.3 is 19.7 Å². The molecule has 180 valence electrons. The van der Waals surface area contributed by atoms with Crippen molar-refractivity contribution in [1.29, 1.82) is 0 Å². The van der Waals surface area contributed by atoms with E-state index in [1.807, 2.05) is 71.0 Å². The zero-order valence-corrected chi connectivity index (χ0v) is 22.0. The van der Waals surface area contributed by atoms with E-state index in [0.29, 0.717) is 18.7 Å². The summed E-state index contributed by atoms with van der Waals surface area (Å²) in [6, 6.07) is 10.7. The highest BCUT2D eigenvalue weighted by atomic mass is 79.9. The molecule has 0 aromatic heterocycles. The number of carbonyl (C=O) groups excluding carboxylic acids is 2. The van der Waals surface area contributed by atoms with Gasteiger partial charge in [-0.2, -0.15) is 0 Å². The first-order valence-corrected chi connectivity index (χ1v) is 12.1. The lowest BCUT2D eigenvalue weighted by Gasteiger charge is -2.31. The van der Waals surface area contributed by atoms with Gasteiger partial charge in [-0.3, -0.25) is 9.59 Å². The summed E-state index contributed by atoms with van der Waals surface area (Å²) in [5.74, 6) is 0.977. The molecule has 0 fully saturated rings. The molecule has 0 radical (unpaired) electrons. The molecule has 0 spiro atoms. The zero-order valence-electron chi connectivity index (χ0n) is 20.4. The fourth-order valence-electron chi connectivity index (χ4n) is 3.51. The molecular weight excluding hydrogens is 484 g/mol. The van der Waals surface area contributed by atoms with Crippen LogP contribution in [0.5, 0.6) is 11.5 Å². The third-order valence-corrected chi connectivity index (χ3v) is 6.92. The predicted molar refractivity (Wildman–Crippen MR) is 135 cm³/mol. The molecule has 6 nitrogen and oxygen atoms in total. The van der Waals surface area contributed by atoms with Crippen molar-refractivity contribution in [3.8, 4) is 11.5 Å². The summed E-state index contributed by atoms with van der Waals surface area (Å²) in [5, 5.41) is 3.02. The van der Waals surface area contributed by atoms with Crippen LogP contribution in [0.1, 0.15) is 50.3 Å². The van der Waals surface area contributed by atoms with Gasteiger partial charge in [0.15, 0.2) is 6.61 Å². The average Bonchev–Trinajstić information content (AvgIpc) is 2.80. The van der Waals surface area contributed by atoms with Crippen molar-refractivity contribution in [3.63, 3.8) is 0 Å². The van der Waals surface area contributed by atoms with Crippen LogP contribution >= 0.6 is 15.9 Å². The van der Waals surface area contributed by atoms with E-state index < -0.39 is 6.04 Å². The number of halogens is 1. The van der Waals surface area contributed by atoms with Crippen molar-refractivity contribution >= 4 is 27.7 Å². The van der Waals surface area contributed by atoms with Crippen molar-refractivity contribution in [2.24, 2.45) is 0 Å². The number of aryl methyl sites for hydroxylation is 2. The Morgan fingerprint density at radius 3 is 2.15 bits per heavy atom. The molecular formula is C26H35BrN2O4. The summed E-state index contributed by atoms with van der Waals surface area (Å²) in [7, 11) is 1.61. The van der Waals surface area contributed by atoms with Gasteiger partial charge in [-0.15, -0.1) is 0 Å². The van der Waals surface area contributed by atoms with Gasteiger partial charge in [0.1, 0.15) is 17.5 Å². The van der Waals surface area contributed by atoms with Gasteiger partial charge in [-0.1, -0.05) is 41.9 Å². The van der Waals surface area contributed by atoms with E-state index in [4.69, 9.17) is 9.47 Å². The Balaban J connectivity index is 2.25. The maximum absolute atomic E-state index is 13.3. The Hall–Kier alpha value is -2.54. The number of benzene rings is 2. The maximum atomic E-state index is 13.3. The van der Waals surface area contributed by atoms with E-state index in [1.54, 1.807) is 12.0 Å². The predicted octanol–water partition coefficient (Wildman–Crippen LogP) is 5.18. The van der Waals surface area contributed by atoms with E-state index in [0.717, 1.165) is 33.3 Å². The number of nitrogens with one attached hydrogen (secondary N) is 1. The van der Waals surface area contributed by atoms with Crippen LogP contribution in [0, 0.1) is 13.8 Å². The summed E-state index contributed by atoms with van der Waals surface area (Å²) in [4.78, 5) is 27.9. The van der Waals surface area contributed by atoms with Gasteiger partial charge in [-0.25, -0.2) is 0 Å². The summed E-state index contributed by atoms with van der Waals surface area (Å²) in [6.45, 7) is 10.0. The molecule has 0 unspecified atom stereocenters. The Morgan fingerprint density at radius 2 is 1.64 bits per heavy atom. The minimum absolute atomic E-state index is 0.0365. The van der Waals surface area contributed by atoms with Crippen molar-refractivity contribution in [2.75, 3.05) is 13.7 Å². The van der Waals surface area contributed by atoms with Gasteiger partial charge in [0, 0.05) is 17.1 Å². The molecule has 0 heterocycles. The lowest BCUT2D eigenvalue weighted by molar-refractivity contribution is -0.143. The normalized spacial score (nSPS) is 12.6. The van der Waals surface area contributed by atoms with Gasteiger partial charge in [0.05, 0.1) is 7.11 Å². The molecule has 33 heavy (non-hydrogen) atoms. The molecule has 2 amide bonds. The molecule has 0 aliphatic carbocycles. The second kappa shape index (κ2) is 12.6. The van der Waals surface area contributed by atoms with Crippen molar-refractivity contribution < 1.29 is 19.1 Å². The first-order chi connectivity index (χ1) is 15.7. The van der Waals surface area contributed by atoms with Crippen LogP contribution in [0.15, 0.2) is 40.9 Å². The number of carbonyl (C=O) groups is 2. The minimum atomic E-state index is -0.592. The molecule has 7 heteroatoms. The fraction of sp³-hybridized carbons (Fsp3) is 0.462. The van der Waals surface area contributed by atoms with Crippen LogP contribution in [-0.2, 0) is 16.1 Å². The van der Waals surface area contributed by atoms with E-state index in [9.17, 15) is 9.59 Å². The van der Waals surface area contributed by atoms with Gasteiger partial charge in [0.25, 0.3) is 5.91 Å². The van der Waals surface area contributed by atoms with Crippen LogP contribution < -0.4 is 14.8 Å². The van der Waals surface area contributed by atoms with Crippen molar-refractivity contribution in [1.82, 2.24) is 10.2 Å². The lowest BCUT2D eigenvalue weighted by atomic mass is 10.1. The van der Waals surface area contributed by atoms with E-state index >= 15 is 0 Å². The SMILES string of the molecule is CC[C@H](C(=O)N[C@@H](C)CC)N(Cc1ccc(OC)cc1)C(=O)COc1cc(C)c(Br)c(C)c1. The molecule has 0 bridgehead atoms. The topological polar surface area (TPSA) is 67.9 Å². The number of methoxy groups -OCH3 is 1. The molecule has 0 saturated heterocycles. The Labute approximate surface area is 205 Å². The highest BCUT2D eigenvalue weighted by Crippen LogP contribution is 2.26. The molecule has 1 N–H and O–H groups in total. The monoisotopic (exact) mass is 518 g/mol. The highest BCUT2D eigenvalue weighted by molar-refractivity contribution is 9.10. The summed E-state index contributed by atoms with van der Waals surface area (Å²) < 4.78 is 12.1. The van der Waals surface area contributed by atoms with E-state index in [2.05, 4.69) is 21.2 Å². The molecule has 2 atom stereocenters. The summed E-state index contributed by atoms with van der Waals surface area (Å²) in [6.07, 6.45) is 1.32.